The van der Waals surface area contributed by atoms with E-state index in [9.17, 15) is 19.7 Å². The van der Waals surface area contributed by atoms with E-state index in [0.29, 0.717) is 24.2 Å². The first-order valence-electron chi connectivity index (χ1n) is 7.94. The van der Waals surface area contributed by atoms with Crippen LogP contribution in [0.5, 0.6) is 0 Å². The predicted molar refractivity (Wildman–Crippen MR) is 92.3 cm³/mol. The molecule has 0 atom stereocenters. The van der Waals surface area contributed by atoms with Crippen LogP contribution >= 0.6 is 0 Å². The molecule has 8 nitrogen and oxygen atoms in total. The van der Waals surface area contributed by atoms with Gasteiger partial charge >= 0.3 is 5.97 Å². The molecule has 0 aliphatic heterocycles. The molecule has 0 aliphatic rings. The summed E-state index contributed by atoms with van der Waals surface area (Å²) in [5, 5.41) is 19.7. The second-order valence-electron chi connectivity index (χ2n) is 5.72. The average Bonchev–Trinajstić information content (AvgIpc) is 3.00. The molecule has 26 heavy (non-hydrogen) atoms. The summed E-state index contributed by atoms with van der Waals surface area (Å²) in [5.74, 6) is -0.726. The topological polar surface area (TPSA) is 115 Å². The highest BCUT2D eigenvalue weighted by Crippen LogP contribution is 2.21. The average molecular weight is 353 g/mol. The van der Waals surface area contributed by atoms with Gasteiger partial charge in [0, 0.05) is 36.7 Å². The molecule has 2 aromatic heterocycles. The maximum atomic E-state index is 12.8. The lowest BCUT2D eigenvalue weighted by Gasteiger charge is -2.00. The Morgan fingerprint density at radius 1 is 1.19 bits per heavy atom. The third-order valence-electron chi connectivity index (χ3n) is 3.95. The van der Waals surface area contributed by atoms with Gasteiger partial charge in [-0.25, -0.2) is 4.98 Å². The molecule has 0 unspecified atom stereocenters. The lowest BCUT2D eigenvalue weighted by atomic mass is 10.1. The minimum absolute atomic E-state index is 0.00983. The minimum atomic E-state index is -0.890. The highest BCUT2D eigenvalue weighted by molar-refractivity contribution is 6.12. The van der Waals surface area contributed by atoms with Crippen molar-refractivity contribution in [2.45, 2.75) is 19.3 Å². The van der Waals surface area contributed by atoms with Gasteiger partial charge < -0.3 is 9.51 Å². The second-order valence-corrected chi connectivity index (χ2v) is 5.72. The zero-order chi connectivity index (χ0) is 18.7. The molecule has 3 aromatic rings. The number of carbonyl (C=O) groups is 2. The smallest absolute Gasteiger partial charge is 0.303 e. The van der Waals surface area contributed by atoms with Crippen molar-refractivity contribution in [3.05, 3.63) is 75.9 Å². The van der Waals surface area contributed by atoms with Crippen LogP contribution in [0.3, 0.4) is 0 Å². The Kier molecular flexibility index (Phi) is 4.74. The van der Waals surface area contributed by atoms with Gasteiger partial charge in [-0.1, -0.05) is 18.2 Å². The van der Waals surface area contributed by atoms with Gasteiger partial charge in [-0.05, 0) is 18.6 Å². The van der Waals surface area contributed by atoms with Gasteiger partial charge in [0.1, 0.15) is 11.5 Å². The van der Waals surface area contributed by atoms with Crippen LogP contribution in [-0.2, 0) is 11.2 Å². The summed E-state index contributed by atoms with van der Waals surface area (Å²) in [6, 6.07) is 10.8. The molecular weight excluding hydrogens is 338 g/mol. The molecule has 0 spiro atoms. The number of nitrogens with zero attached hydrogens (tertiary/aromatic N) is 3. The lowest BCUT2D eigenvalue weighted by Crippen LogP contribution is -2.03. The molecule has 2 heterocycles. The van der Waals surface area contributed by atoms with Crippen molar-refractivity contribution in [1.82, 2.24) is 9.38 Å². The molecule has 8 heteroatoms. The first-order chi connectivity index (χ1) is 12.5. The molecule has 0 amide bonds. The van der Waals surface area contributed by atoms with Gasteiger partial charge in [-0.3, -0.25) is 19.7 Å². The number of imidazole rings is 1. The number of carboxylic acid groups (broad SMARTS) is 1. The molecule has 0 saturated heterocycles. The molecule has 0 aliphatic carbocycles. The third kappa shape index (κ3) is 3.44. The number of fused-ring (bicyclic) bond motifs is 1. The van der Waals surface area contributed by atoms with Crippen molar-refractivity contribution in [3.63, 3.8) is 0 Å². The maximum absolute atomic E-state index is 12.8. The highest BCUT2D eigenvalue weighted by atomic mass is 16.6. The first kappa shape index (κ1) is 17.3. The zero-order valence-corrected chi connectivity index (χ0v) is 13.7. The van der Waals surface area contributed by atoms with Crippen molar-refractivity contribution < 1.29 is 19.6 Å². The molecule has 0 radical (unpaired) electrons. The molecule has 132 valence electrons. The molecule has 1 aromatic carbocycles. The van der Waals surface area contributed by atoms with Crippen LogP contribution in [0.1, 0.15) is 34.7 Å². The van der Waals surface area contributed by atoms with Gasteiger partial charge in [-0.2, -0.15) is 0 Å². The largest absolute Gasteiger partial charge is 0.481 e. The highest BCUT2D eigenvalue weighted by Gasteiger charge is 2.20. The number of pyridine rings is 1. The number of carboxylic acids is 1. The number of carbonyl (C=O) groups excluding carboxylic acids is 1. The van der Waals surface area contributed by atoms with Crippen LogP contribution < -0.4 is 0 Å². The number of non-ortho nitro benzene ring substituents is 1. The van der Waals surface area contributed by atoms with Crippen molar-refractivity contribution in [3.8, 4) is 0 Å². The quantitative estimate of drug-likeness (QED) is 0.397. The van der Waals surface area contributed by atoms with Crippen LogP contribution in [0.2, 0.25) is 0 Å². The van der Waals surface area contributed by atoms with E-state index in [0.717, 1.165) is 0 Å². The van der Waals surface area contributed by atoms with E-state index in [1.54, 1.807) is 28.8 Å². The van der Waals surface area contributed by atoms with E-state index < -0.39 is 16.7 Å². The predicted octanol–water partition coefficient (Wildman–Crippen LogP) is 2.88. The lowest BCUT2D eigenvalue weighted by molar-refractivity contribution is -0.384. The molecule has 3 rings (SSSR count). The molecule has 0 saturated carbocycles. The Bertz CT molecular complexity index is 1010. The summed E-state index contributed by atoms with van der Waals surface area (Å²) >= 11 is 0. The number of aromatic nitrogens is 2. The number of hydrogen-bond donors (Lipinski definition) is 1. The monoisotopic (exact) mass is 353 g/mol. The number of nitro groups is 1. The Hall–Kier alpha value is -3.55. The number of rotatable bonds is 7. The van der Waals surface area contributed by atoms with Crippen LogP contribution in [0.25, 0.3) is 5.52 Å². The summed E-state index contributed by atoms with van der Waals surface area (Å²) in [6.07, 6.45) is 2.56. The van der Waals surface area contributed by atoms with Crippen LogP contribution in [0.4, 0.5) is 5.69 Å². The number of nitro benzene ring substituents is 1. The van der Waals surface area contributed by atoms with E-state index in [1.165, 1.54) is 24.3 Å². The van der Waals surface area contributed by atoms with Crippen LogP contribution in [0, 0.1) is 10.1 Å². The first-order valence-corrected chi connectivity index (χ1v) is 7.94. The van der Waals surface area contributed by atoms with E-state index in [4.69, 9.17) is 5.11 Å². The molecule has 1 N–H and O–H groups in total. The van der Waals surface area contributed by atoms with Crippen molar-refractivity contribution in [2.24, 2.45) is 0 Å². The number of benzene rings is 1. The fourth-order valence-electron chi connectivity index (χ4n) is 2.74. The normalized spacial score (nSPS) is 10.8. The van der Waals surface area contributed by atoms with E-state index in [2.05, 4.69) is 4.98 Å². The summed E-state index contributed by atoms with van der Waals surface area (Å²) in [5.41, 5.74) is 0.784. The summed E-state index contributed by atoms with van der Waals surface area (Å²) in [6.45, 7) is 0. The molecule has 0 fully saturated rings. The van der Waals surface area contributed by atoms with Crippen molar-refractivity contribution in [2.75, 3.05) is 0 Å². The van der Waals surface area contributed by atoms with Crippen LogP contribution in [0.15, 0.2) is 48.7 Å². The zero-order valence-electron chi connectivity index (χ0n) is 13.7. The summed E-state index contributed by atoms with van der Waals surface area (Å²) in [4.78, 5) is 38.3. The molecular formula is C18H15N3O5. The fraction of sp³-hybridized carbons (Fsp3) is 0.167. The number of aryl methyl sites for hydroxylation is 1. The third-order valence-corrected chi connectivity index (χ3v) is 3.95. The summed E-state index contributed by atoms with van der Waals surface area (Å²) < 4.78 is 1.74. The van der Waals surface area contributed by atoms with E-state index in [-0.39, 0.29) is 23.4 Å². The van der Waals surface area contributed by atoms with Gasteiger partial charge in [-0.15, -0.1) is 0 Å². The van der Waals surface area contributed by atoms with E-state index in [1.807, 2.05) is 0 Å². The Morgan fingerprint density at radius 2 is 2.00 bits per heavy atom. The second kappa shape index (κ2) is 7.14. The number of aliphatic carboxylic acids is 1. The Balaban J connectivity index is 1.99. The van der Waals surface area contributed by atoms with Gasteiger partial charge in [0.15, 0.2) is 0 Å². The fourth-order valence-corrected chi connectivity index (χ4v) is 2.74. The SMILES string of the molecule is O=C(O)CCCc1nc(C(=O)c2cccc([N+](=O)[O-])c2)c2ccccn12. The van der Waals surface area contributed by atoms with Gasteiger partial charge in [0.25, 0.3) is 5.69 Å². The maximum Gasteiger partial charge on any atom is 0.303 e. The van der Waals surface area contributed by atoms with Gasteiger partial charge in [0.05, 0.1) is 10.4 Å². The van der Waals surface area contributed by atoms with Gasteiger partial charge in [0.2, 0.25) is 5.78 Å². The number of hydrogen-bond acceptors (Lipinski definition) is 5. The van der Waals surface area contributed by atoms with Crippen molar-refractivity contribution in [1.29, 1.82) is 0 Å². The van der Waals surface area contributed by atoms with Crippen molar-refractivity contribution >= 4 is 23.0 Å². The van der Waals surface area contributed by atoms with E-state index >= 15 is 0 Å². The molecule has 0 bridgehead atoms. The van der Waals surface area contributed by atoms with Crippen LogP contribution in [-0.4, -0.2) is 31.2 Å². The summed E-state index contributed by atoms with van der Waals surface area (Å²) in [7, 11) is 0. The Labute approximate surface area is 147 Å². The standard InChI is InChI=1S/C18H15N3O5/c22-16(23)9-4-8-15-19-17(14-7-1-2-10-20(14)15)18(24)12-5-3-6-13(11-12)21(25)26/h1-3,5-7,10-11H,4,8-9H2,(H,22,23). The Morgan fingerprint density at radius 3 is 2.73 bits per heavy atom. The minimum Gasteiger partial charge on any atom is -0.481 e. The number of ketones is 1.